The number of amides is 1. The van der Waals surface area contributed by atoms with Gasteiger partial charge in [-0.3, -0.25) is 4.79 Å². The molecule has 0 bridgehead atoms. The molecule has 0 saturated carbocycles. The second kappa shape index (κ2) is 9.06. The normalized spacial score (nSPS) is 10.2. The summed E-state index contributed by atoms with van der Waals surface area (Å²) >= 11 is 3.37. The third-order valence-corrected chi connectivity index (χ3v) is 4.21. The Hall–Kier alpha value is -2.79. The highest BCUT2D eigenvalue weighted by atomic mass is 79.9. The molecular formula is C21H19BrN2O2. The fourth-order valence-corrected chi connectivity index (χ4v) is 2.59. The van der Waals surface area contributed by atoms with Crippen LogP contribution >= 0.6 is 15.9 Å². The number of benzene rings is 3. The summed E-state index contributed by atoms with van der Waals surface area (Å²) < 4.78 is 6.73. The van der Waals surface area contributed by atoms with Crippen molar-refractivity contribution in [3.8, 4) is 5.75 Å². The molecule has 0 aromatic heterocycles. The van der Waals surface area contributed by atoms with Gasteiger partial charge in [-0.25, -0.2) is 0 Å². The number of ether oxygens (including phenoxy) is 1. The minimum atomic E-state index is -0.100. The van der Waals surface area contributed by atoms with Gasteiger partial charge in [0.05, 0.1) is 6.54 Å². The number of carbonyl (C=O) groups excluding carboxylic acids is 1. The van der Waals surface area contributed by atoms with E-state index in [0.717, 1.165) is 27.2 Å². The average Bonchev–Trinajstić information content (AvgIpc) is 2.68. The van der Waals surface area contributed by atoms with E-state index in [4.69, 9.17) is 4.74 Å². The largest absolute Gasteiger partial charge is 0.489 e. The van der Waals surface area contributed by atoms with Gasteiger partial charge in [0.1, 0.15) is 12.4 Å². The molecule has 2 N–H and O–H groups in total. The van der Waals surface area contributed by atoms with Gasteiger partial charge >= 0.3 is 0 Å². The van der Waals surface area contributed by atoms with E-state index in [-0.39, 0.29) is 12.5 Å². The van der Waals surface area contributed by atoms with Gasteiger partial charge in [0.25, 0.3) is 0 Å². The molecule has 0 heterocycles. The summed E-state index contributed by atoms with van der Waals surface area (Å²) in [7, 11) is 0. The van der Waals surface area contributed by atoms with Crippen LogP contribution in [0, 0.1) is 0 Å². The third kappa shape index (κ3) is 5.63. The van der Waals surface area contributed by atoms with Crippen LogP contribution in [0.25, 0.3) is 0 Å². The van der Waals surface area contributed by atoms with Crippen LogP contribution in [0.3, 0.4) is 0 Å². The maximum atomic E-state index is 12.0. The summed E-state index contributed by atoms with van der Waals surface area (Å²) in [5.41, 5.74) is 2.76. The van der Waals surface area contributed by atoms with E-state index < -0.39 is 0 Å². The van der Waals surface area contributed by atoms with Crippen LogP contribution in [-0.2, 0) is 11.4 Å². The summed E-state index contributed by atoms with van der Waals surface area (Å²) in [5.74, 6) is 0.690. The Bertz CT molecular complexity index is 834. The molecular weight excluding hydrogens is 392 g/mol. The third-order valence-electron chi connectivity index (χ3n) is 3.68. The van der Waals surface area contributed by atoms with Crippen LogP contribution in [-0.4, -0.2) is 12.5 Å². The molecule has 3 aromatic carbocycles. The summed E-state index contributed by atoms with van der Waals surface area (Å²) in [4.78, 5) is 12.0. The Morgan fingerprint density at radius 2 is 1.50 bits per heavy atom. The number of halogens is 1. The van der Waals surface area contributed by atoms with Gasteiger partial charge in [0.2, 0.25) is 5.91 Å². The quantitative estimate of drug-likeness (QED) is 0.570. The standard InChI is InChI=1S/C21H19BrN2O2/c22-17-6-8-19(9-7-17)24-21(25)14-23-18-10-12-20(13-11-18)26-15-16-4-2-1-3-5-16/h1-13,23H,14-15H2,(H,24,25). The number of hydrogen-bond acceptors (Lipinski definition) is 3. The van der Waals surface area contributed by atoms with Crippen molar-refractivity contribution >= 4 is 33.2 Å². The maximum absolute atomic E-state index is 12.0. The predicted molar refractivity (Wildman–Crippen MR) is 108 cm³/mol. The first-order valence-corrected chi connectivity index (χ1v) is 9.04. The first kappa shape index (κ1) is 18.0. The predicted octanol–water partition coefficient (Wildman–Crippen LogP) is 5.08. The number of carbonyl (C=O) groups is 1. The van der Waals surface area contributed by atoms with Gasteiger partial charge in [-0.1, -0.05) is 46.3 Å². The Labute approximate surface area is 161 Å². The van der Waals surface area contributed by atoms with Crippen LogP contribution in [0.2, 0.25) is 0 Å². The molecule has 3 aromatic rings. The summed E-state index contributed by atoms with van der Waals surface area (Å²) in [6.45, 7) is 0.726. The number of hydrogen-bond donors (Lipinski definition) is 2. The highest BCUT2D eigenvalue weighted by Gasteiger charge is 2.03. The van der Waals surface area contributed by atoms with Crippen LogP contribution in [0.5, 0.6) is 5.75 Å². The summed E-state index contributed by atoms with van der Waals surface area (Å²) in [6, 6.07) is 25.1. The van der Waals surface area contributed by atoms with Crippen molar-refractivity contribution in [2.45, 2.75) is 6.61 Å². The molecule has 0 radical (unpaired) electrons. The zero-order chi connectivity index (χ0) is 18.2. The Morgan fingerprint density at radius 3 is 2.19 bits per heavy atom. The van der Waals surface area contributed by atoms with Crippen molar-refractivity contribution in [2.75, 3.05) is 17.2 Å². The average molecular weight is 411 g/mol. The second-order valence-electron chi connectivity index (χ2n) is 5.71. The van der Waals surface area contributed by atoms with Gasteiger partial charge in [0, 0.05) is 15.8 Å². The molecule has 3 rings (SSSR count). The summed E-state index contributed by atoms with van der Waals surface area (Å²) in [5, 5.41) is 5.94. The molecule has 5 heteroatoms. The van der Waals surface area contributed by atoms with Crippen molar-refractivity contribution in [3.63, 3.8) is 0 Å². The van der Waals surface area contributed by atoms with E-state index in [1.807, 2.05) is 78.9 Å². The smallest absolute Gasteiger partial charge is 0.243 e. The highest BCUT2D eigenvalue weighted by molar-refractivity contribution is 9.10. The first-order chi connectivity index (χ1) is 12.7. The molecule has 132 valence electrons. The van der Waals surface area contributed by atoms with E-state index >= 15 is 0 Å². The van der Waals surface area contributed by atoms with E-state index in [2.05, 4.69) is 26.6 Å². The van der Waals surface area contributed by atoms with E-state index in [1.54, 1.807) is 0 Å². The lowest BCUT2D eigenvalue weighted by Gasteiger charge is -2.10. The van der Waals surface area contributed by atoms with Crippen LogP contribution in [0.4, 0.5) is 11.4 Å². The molecule has 0 fully saturated rings. The second-order valence-corrected chi connectivity index (χ2v) is 6.62. The molecule has 1 amide bonds. The fourth-order valence-electron chi connectivity index (χ4n) is 2.33. The SMILES string of the molecule is O=C(CNc1ccc(OCc2ccccc2)cc1)Nc1ccc(Br)cc1. The van der Waals surface area contributed by atoms with Crippen molar-refractivity contribution in [1.29, 1.82) is 0 Å². The molecule has 4 nitrogen and oxygen atoms in total. The minimum absolute atomic E-state index is 0.100. The van der Waals surface area contributed by atoms with E-state index in [1.165, 1.54) is 0 Å². The molecule has 0 unspecified atom stereocenters. The number of nitrogens with one attached hydrogen (secondary N) is 2. The maximum Gasteiger partial charge on any atom is 0.243 e. The lowest BCUT2D eigenvalue weighted by atomic mass is 10.2. The zero-order valence-corrected chi connectivity index (χ0v) is 15.7. The number of anilines is 2. The highest BCUT2D eigenvalue weighted by Crippen LogP contribution is 2.17. The van der Waals surface area contributed by atoms with Crippen LogP contribution in [0.15, 0.2) is 83.3 Å². The monoisotopic (exact) mass is 410 g/mol. The molecule has 0 aliphatic heterocycles. The molecule has 0 atom stereocenters. The molecule has 0 spiro atoms. The summed E-state index contributed by atoms with van der Waals surface area (Å²) in [6.07, 6.45) is 0. The van der Waals surface area contributed by atoms with E-state index in [0.29, 0.717) is 6.61 Å². The van der Waals surface area contributed by atoms with Gasteiger partial charge in [-0.2, -0.15) is 0 Å². The minimum Gasteiger partial charge on any atom is -0.489 e. The van der Waals surface area contributed by atoms with E-state index in [9.17, 15) is 4.79 Å². The Balaban J connectivity index is 1.45. The van der Waals surface area contributed by atoms with Crippen LogP contribution in [0.1, 0.15) is 5.56 Å². The molecule has 0 aliphatic rings. The van der Waals surface area contributed by atoms with Crippen molar-refractivity contribution in [1.82, 2.24) is 0 Å². The van der Waals surface area contributed by atoms with Gasteiger partial charge in [-0.15, -0.1) is 0 Å². The van der Waals surface area contributed by atoms with Crippen LogP contribution < -0.4 is 15.4 Å². The Kier molecular flexibility index (Phi) is 6.28. The molecule has 0 saturated heterocycles. The first-order valence-electron chi connectivity index (χ1n) is 8.25. The number of rotatable bonds is 7. The molecule has 0 aliphatic carbocycles. The van der Waals surface area contributed by atoms with Crippen molar-refractivity contribution < 1.29 is 9.53 Å². The van der Waals surface area contributed by atoms with Crippen molar-refractivity contribution in [3.05, 3.63) is 88.9 Å². The van der Waals surface area contributed by atoms with Crippen molar-refractivity contribution in [2.24, 2.45) is 0 Å². The Morgan fingerprint density at radius 1 is 0.846 bits per heavy atom. The van der Waals surface area contributed by atoms with Gasteiger partial charge in [-0.05, 0) is 54.1 Å². The fraction of sp³-hybridized carbons (Fsp3) is 0.0952. The lowest BCUT2D eigenvalue weighted by Crippen LogP contribution is -2.21. The lowest BCUT2D eigenvalue weighted by molar-refractivity contribution is -0.114. The zero-order valence-electron chi connectivity index (χ0n) is 14.1. The van der Waals surface area contributed by atoms with Gasteiger partial charge in [0.15, 0.2) is 0 Å². The molecule has 26 heavy (non-hydrogen) atoms. The topological polar surface area (TPSA) is 50.4 Å². The van der Waals surface area contributed by atoms with Gasteiger partial charge < -0.3 is 15.4 Å².